The normalized spacial score (nSPS) is 19.8. The van der Waals surface area contributed by atoms with Gasteiger partial charge in [0.2, 0.25) is 0 Å². The zero-order chi connectivity index (χ0) is 18.8. The molecule has 2 amide bonds. The monoisotopic (exact) mass is 386 g/mol. The molecular weight excluding hydrogens is 364 g/mol. The van der Waals surface area contributed by atoms with Crippen LogP contribution in [0.3, 0.4) is 0 Å². The van der Waals surface area contributed by atoms with Crippen LogP contribution in [0.4, 0.5) is 0 Å². The van der Waals surface area contributed by atoms with Crippen molar-refractivity contribution in [2.45, 2.75) is 19.5 Å². The Kier molecular flexibility index (Phi) is 5.13. The molecule has 1 aromatic carbocycles. The Hall–Kier alpha value is -2.38. The van der Waals surface area contributed by atoms with E-state index >= 15 is 0 Å². The first kappa shape index (κ1) is 18.0. The Morgan fingerprint density at radius 1 is 1.11 bits per heavy atom. The average Bonchev–Trinajstić information content (AvgIpc) is 3.19. The lowest BCUT2D eigenvalue weighted by Gasteiger charge is -2.27. The highest BCUT2D eigenvalue weighted by Crippen LogP contribution is 2.28. The Balaban J connectivity index is 1.59. The number of carbonyl (C=O) groups excluding carboxylic acids is 2. The fourth-order valence-electron chi connectivity index (χ4n) is 3.39. The van der Waals surface area contributed by atoms with Gasteiger partial charge in [0.1, 0.15) is 12.4 Å². The summed E-state index contributed by atoms with van der Waals surface area (Å²) in [6.45, 7) is 5.18. The van der Waals surface area contributed by atoms with Gasteiger partial charge < -0.3 is 19.3 Å². The van der Waals surface area contributed by atoms with Gasteiger partial charge in [0.25, 0.3) is 11.8 Å². The topological polar surface area (TPSA) is 59.1 Å². The fraction of sp³-hybridized carbons (Fsp3) is 0.400. The van der Waals surface area contributed by atoms with E-state index in [4.69, 9.17) is 9.47 Å². The fourth-order valence-corrected chi connectivity index (χ4v) is 4.02. The molecule has 2 aromatic rings. The lowest BCUT2D eigenvalue weighted by Crippen LogP contribution is -2.40. The maximum absolute atomic E-state index is 12.9. The number of benzene rings is 1. The van der Waals surface area contributed by atoms with E-state index in [-0.39, 0.29) is 17.9 Å². The summed E-state index contributed by atoms with van der Waals surface area (Å²) in [6.07, 6.45) is 0. The van der Waals surface area contributed by atoms with Crippen molar-refractivity contribution in [2.75, 3.05) is 32.9 Å². The minimum Gasteiger partial charge on any atom is -0.491 e. The average molecular weight is 386 g/mol. The molecule has 0 spiro atoms. The van der Waals surface area contributed by atoms with Gasteiger partial charge in [-0.05, 0) is 36.6 Å². The van der Waals surface area contributed by atoms with Gasteiger partial charge in [-0.3, -0.25) is 9.59 Å². The van der Waals surface area contributed by atoms with E-state index in [1.54, 1.807) is 11.0 Å². The quantitative estimate of drug-likeness (QED) is 0.796. The van der Waals surface area contributed by atoms with Crippen LogP contribution in [-0.4, -0.2) is 60.6 Å². The minimum absolute atomic E-state index is 0.00546. The molecule has 1 saturated heterocycles. The number of fused-ring (bicyclic) bond motifs is 1. The molecule has 142 valence electrons. The van der Waals surface area contributed by atoms with Gasteiger partial charge in [-0.25, -0.2) is 0 Å². The number of hydrogen-bond donors (Lipinski definition) is 0. The summed E-state index contributed by atoms with van der Waals surface area (Å²) < 4.78 is 11.2. The number of amides is 2. The number of nitrogens with zero attached hydrogens (tertiary/aromatic N) is 2. The van der Waals surface area contributed by atoms with Crippen LogP contribution in [-0.2, 0) is 11.3 Å². The third kappa shape index (κ3) is 3.70. The van der Waals surface area contributed by atoms with Crippen LogP contribution in [0.1, 0.15) is 33.2 Å². The van der Waals surface area contributed by atoms with Crippen molar-refractivity contribution in [1.29, 1.82) is 0 Å². The summed E-state index contributed by atoms with van der Waals surface area (Å²) in [7, 11) is 0. The largest absolute Gasteiger partial charge is 0.491 e. The lowest BCUT2D eigenvalue weighted by atomic mass is 10.1. The van der Waals surface area contributed by atoms with Crippen LogP contribution >= 0.6 is 11.3 Å². The molecule has 2 aliphatic rings. The van der Waals surface area contributed by atoms with E-state index in [0.29, 0.717) is 50.6 Å². The van der Waals surface area contributed by atoms with Crippen LogP contribution in [0, 0.1) is 0 Å². The number of hydrogen-bond acceptors (Lipinski definition) is 5. The van der Waals surface area contributed by atoms with Crippen molar-refractivity contribution in [1.82, 2.24) is 9.80 Å². The zero-order valence-electron chi connectivity index (χ0n) is 15.2. The molecule has 0 N–H and O–H groups in total. The van der Waals surface area contributed by atoms with Gasteiger partial charge in [-0.1, -0.05) is 0 Å². The maximum Gasteiger partial charge on any atom is 0.255 e. The Morgan fingerprint density at radius 2 is 1.93 bits per heavy atom. The molecule has 2 aliphatic heterocycles. The van der Waals surface area contributed by atoms with Crippen molar-refractivity contribution < 1.29 is 19.1 Å². The molecule has 3 heterocycles. The predicted molar refractivity (Wildman–Crippen MR) is 102 cm³/mol. The summed E-state index contributed by atoms with van der Waals surface area (Å²) >= 11 is 1.51. The van der Waals surface area contributed by atoms with Crippen LogP contribution in [0.5, 0.6) is 5.75 Å². The molecular formula is C20H22N2O4S. The summed E-state index contributed by atoms with van der Waals surface area (Å²) in [4.78, 5) is 29.3. The van der Waals surface area contributed by atoms with E-state index in [9.17, 15) is 9.59 Å². The molecule has 1 aromatic heterocycles. The van der Waals surface area contributed by atoms with E-state index < -0.39 is 0 Å². The van der Waals surface area contributed by atoms with Crippen molar-refractivity contribution in [3.05, 3.63) is 51.7 Å². The first-order chi connectivity index (χ1) is 13.1. The van der Waals surface area contributed by atoms with Crippen LogP contribution in [0.25, 0.3) is 0 Å². The Morgan fingerprint density at radius 3 is 2.67 bits per heavy atom. The molecule has 7 heteroatoms. The van der Waals surface area contributed by atoms with Crippen LogP contribution in [0.15, 0.2) is 35.0 Å². The molecule has 0 radical (unpaired) electrons. The van der Waals surface area contributed by atoms with Crippen LogP contribution in [0.2, 0.25) is 0 Å². The Bertz CT molecular complexity index is 831. The molecule has 4 rings (SSSR count). The number of carbonyl (C=O) groups is 2. The second-order valence-corrected chi connectivity index (χ2v) is 7.61. The summed E-state index contributed by atoms with van der Waals surface area (Å²) in [6, 6.07) is 7.29. The minimum atomic E-state index is -0.0526. The third-order valence-electron chi connectivity index (χ3n) is 4.99. The first-order valence-corrected chi connectivity index (χ1v) is 10.0. The van der Waals surface area contributed by atoms with E-state index in [2.05, 4.69) is 0 Å². The van der Waals surface area contributed by atoms with E-state index in [1.807, 2.05) is 40.8 Å². The van der Waals surface area contributed by atoms with Gasteiger partial charge in [-0.15, -0.1) is 0 Å². The highest BCUT2D eigenvalue weighted by molar-refractivity contribution is 7.08. The molecule has 0 bridgehead atoms. The van der Waals surface area contributed by atoms with Gasteiger partial charge in [0, 0.05) is 29.6 Å². The SMILES string of the molecule is C[C@H]1COc2ccc(C(=O)N3CCOCC3)cc2CN1C(=O)c1ccsc1. The molecule has 1 atom stereocenters. The second-order valence-electron chi connectivity index (χ2n) is 6.83. The van der Waals surface area contributed by atoms with Crippen molar-refractivity contribution in [3.63, 3.8) is 0 Å². The summed E-state index contributed by atoms with van der Waals surface area (Å²) in [5.74, 6) is 0.722. The molecule has 0 unspecified atom stereocenters. The Labute approximate surface area is 162 Å². The van der Waals surface area contributed by atoms with Gasteiger partial charge in [-0.2, -0.15) is 11.3 Å². The second kappa shape index (κ2) is 7.70. The van der Waals surface area contributed by atoms with Crippen molar-refractivity contribution >= 4 is 23.2 Å². The highest BCUT2D eigenvalue weighted by Gasteiger charge is 2.28. The first-order valence-electron chi connectivity index (χ1n) is 9.09. The summed E-state index contributed by atoms with van der Waals surface area (Å²) in [5, 5.41) is 3.76. The molecule has 27 heavy (non-hydrogen) atoms. The zero-order valence-corrected chi connectivity index (χ0v) is 16.0. The van der Waals surface area contributed by atoms with Gasteiger partial charge >= 0.3 is 0 Å². The lowest BCUT2D eigenvalue weighted by molar-refractivity contribution is 0.0303. The smallest absolute Gasteiger partial charge is 0.255 e. The molecule has 0 aliphatic carbocycles. The molecule has 6 nitrogen and oxygen atoms in total. The molecule has 1 fully saturated rings. The van der Waals surface area contributed by atoms with Gasteiger partial charge in [0.05, 0.1) is 31.4 Å². The highest BCUT2D eigenvalue weighted by atomic mass is 32.1. The van der Waals surface area contributed by atoms with E-state index in [1.165, 1.54) is 11.3 Å². The third-order valence-corrected chi connectivity index (χ3v) is 5.67. The number of rotatable bonds is 2. The summed E-state index contributed by atoms with van der Waals surface area (Å²) in [5.41, 5.74) is 2.18. The van der Waals surface area contributed by atoms with Crippen molar-refractivity contribution in [2.24, 2.45) is 0 Å². The standard InChI is InChI=1S/C20H22N2O4S/c1-14-12-26-18-3-2-15(19(23)21-5-7-25-8-6-21)10-17(18)11-22(14)20(24)16-4-9-27-13-16/h2-4,9-10,13-14H,5-8,11-12H2,1H3/t14-/m0/s1. The number of ether oxygens (including phenoxy) is 2. The van der Waals surface area contributed by atoms with E-state index in [0.717, 1.165) is 11.3 Å². The number of morpholine rings is 1. The predicted octanol–water partition coefficient (Wildman–Crippen LogP) is 2.64. The van der Waals surface area contributed by atoms with Crippen LogP contribution < -0.4 is 4.74 Å². The maximum atomic E-state index is 12.9. The van der Waals surface area contributed by atoms with Crippen molar-refractivity contribution in [3.8, 4) is 5.75 Å². The number of thiophene rings is 1. The van der Waals surface area contributed by atoms with Gasteiger partial charge in [0.15, 0.2) is 0 Å². The molecule has 0 saturated carbocycles.